The van der Waals surface area contributed by atoms with Gasteiger partial charge >= 0.3 is 0 Å². The van der Waals surface area contributed by atoms with Crippen LogP contribution in [0.1, 0.15) is 53.9 Å². The average Bonchev–Trinajstić information content (AvgIpc) is 2.46. The van der Waals surface area contributed by atoms with Crippen LogP contribution in [0.25, 0.3) is 0 Å². The molecule has 0 aliphatic carbocycles. The number of nitrogens with one attached hydrogen (secondary N) is 1. The van der Waals surface area contributed by atoms with Crippen molar-refractivity contribution in [2.24, 2.45) is 17.8 Å². The minimum Gasteiger partial charge on any atom is -0.381 e. The molecule has 0 spiro atoms. The summed E-state index contributed by atoms with van der Waals surface area (Å²) in [6.45, 7) is 16.2. The molecule has 0 aromatic heterocycles. The highest BCUT2D eigenvalue weighted by Crippen LogP contribution is 2.28. The normalized spacial score (nSPS) is 31.0. The predicted molar refractivity (Wildman–Crippen MR) is 89.6 cm³/mol. The van der Waals surface area contributed by atoms with E-state index in [1.54, 1.807) is 0 Å². The number of piperazine rings is 1. The standard InChI is InChI=1S/C18H36N2O/c1-13(2)10-17-12-20(18(11-19-17)14(3)4)15(5)16-6-8-21-9-7-16/h13-19H,6-12H2,1-5H3. The third-order valence-corrected chi connectivity index (χ3v) is 5.47. The first-order chi connectivity index (χ1) is 9.99. The van der Waals surface area contributed by atoms with E-state index in [9.17, 15) is 0 Å². The van der Waals surface area contributed by atoms with Crippen LogP contribution in [0.15, 0.2) is 0 Å². The Kier molecular flexibility index (Phi) is 6.51. The summed E-state index contributed by atoms with van der Waals surface area (Å²) in [4.78, 5) is 2.82. The maximum absolute atomic E-state index is 5.55. The van der Waals surface area contributed by atoms with Crippen LogP contribution in [-0.4, -0.2) is 49.3 Å². The molecule has 124 valence electrons. The molecule has 21 heavy (non-hydrogen) atoms. The monoisotopic (exact) mass is 296 g/mol. The molecule has 2 fully saturated rings. The van der Waals surface area contributed by atoms with Gasteiger partial charge in [0.25, 0.3) is 0 Å². The van der Waals surface area contributed by atoms with Crippen LogP contribution in [0.5, 0.6) is 0 Å². The van der Waals surface area contributed by atoms with E-state index in [1.165, 1.54) is 25.8 Å². The highest BCUT2D eigenvalue weighted by atomic mass is 16.5. The molecular weight excluding hydrogens is 260 g/mol. The molecule has 0 aromatic carbocycles. The summed E-state index contributed by atoms with van der Waals surface area (Å²) < 4.78 is 5.55. The van der Waals surface area contributed by atoms with Gasteiger partial charge in [-0.25, -0.2) is 0 Å². The summed E-state index contributed by atoms with van der Waals surface area (Å²) in [6, 6.07) is 2.05. The van der Waals surface area contributed by atoms with E-state index in [0.29, 0.717) is 18.1 Å². The third-order valence-electron chi connectivity index (χ3n) is 5.47. The zero-order chi connectivity index (χ0) is 15.4. The number of ether oxygens (including phenoxy) is 1. The second-order valence-electron chi connectivity index (χ2n) is 7.93. The van der Waals surface area contributed by atoms with Crippen molar-refractivity contribution < 1.29 is 4.74 Å². The quantitative estimate of drug-likeness (QED) is 0.843. The van der Waals surface area contributed by atoms with Crippen molar-refractivity contribution >= 4 is 0 Å². The van der Waals surface area contributed by atoms with Crippen molar-refractivity contribution in [3.63, 3.8) is 0 Å². The highest BCUT2D eigenvalue weighted by molar-refractivity contribution is 4.92. The molecule has 2 saturated heterocycles. The van der Waals surface area contributed by atoms with Crippen molar-refractivity contribution in [1.29, 1.82) is 0 Å². The van der Waals surface area contributed by atoms with Gasteiger partial charge in [0, 0.05) is 44.4 Å². The Hall–Kier alpha value is -0.120. The van der Waals surface area contributed by atoms with E-state index in [4.69, 9.17) is 4.74 Å². The Morgan fingerprint density at radius 3 is 2.33 bits per heavy atom. The summed E-state index contributed by atoms with van der Waals surface area (Å²) in [5, 5.41) is 3.80. The summed E-state index contributed by atoms with van der Waals surface area (Å²) in [5.74, 6) is 2.32. The Morgan fingerprint density at radius 2 is 1.76 bits per heavy atom. The van der Waals surface area contributed by atoms with Crippen LogP contribution in [0.3, 0.4) is 0 Å². The molecular formula is C18H36N2O. The smallest absolute Gasteiger partial charge is 0.0469 e. The highest BCUT2D eigenvalue weighted by Gasteiger charge is 2.36. The van der Waals surface area contributed by atoms with Gasteiger partial charge in [0.15, 0.2) is 0 Å². The zero-order valence-electron chi connectivity index (χ0n) is 14.8. The Morgan fingerprint density at radius 1 is 1.10 bits per heavy atom. The summed E-state index contributed by atoms with van der Waals surface area (Å²) in [5.41, 5.74) is 0. The van der Waals surface area contributed by atoms with Crippen LogP contribution in [-0.2, 0) is 4.74 Å². The lowest BCUT2D eigenvalue weighted by molar-refractivity contribution is -0.00773. The topological polar surface area (TPSA) is 24.5 Å². The number of hydrogen-bond donors (Lipinski definition) is 1. The van der Waals surface area contributed by atoms with Crippen molar-refractivity contribution in [1.82, 2.24) is 10.2 Å². The summed E-state index contributed by atoms with van der Waals surface area (Å²) in [7, 11) is 0. The van der Waals surface area contributed by atoms with Crippen molar-refractivity contribution in [3.05, 3.63) is 0 Å². The van der Waals surface area contributed by atoms with Gasteiger partial charge in [0.05, 0.1) is 0 Å². The largest absolute Gasteiger partial charge is 0.381 e. The molecule has 2 aliphatic rings. The summed E-state index contributed by atoms with van der Waals surface area (Å²) >= 11 is 0. The molecule has 0 aromatic rings. The third kappa shape index (κ3) is 4.67. The van der Waals surface area contributed by atoms with Gasteiger partial charge in [0.2, 0.25) is 0 Å². The van der Waals surface area contributed by atoms with Gasteiger partial charge in [-0.3, -0.25) is 4.90 Å². The van der Waals surface area contributed by atoms with Crippen LogP contribution in [0.2, 0.25) is 0 Å². The minimum absolute atomic E-state index is 0.669. The van der Waals surface area contributed by atoms with Crippen molar-refractivity contribution in [3.8, 4) is 0 Å². The number of nitrogens with zero attached hydrogens (tertiary/aromatic N) is 1. The van der Waals surface area contributed by atoms with E-state index >= 15 is 0 Å². The molecule has 1 N–H and O–H groups in total. The van der Waals surface area contributed by atoms with Gasteiger partial charge in [-0.1, -0.05) is 27.7 Å². The van der Waals surface area contributed by atoms with E-state index in [1.807, 2.05) is 0 Å². The molecule has 3 nitrogen and oxygen atoms in total. The molecule has 2 aliphatic heterocycles. The lowest BCUT2D eigenvalue weighted by Crippen LogP contribution is -2.62. The molecule has 3 unspecified atom stereocenters. The lowest BCUT2D eigenvalue weighted by Gasteiger charge is -2.48. The molecule has 2 rings (SSSR count). The first-order valence-corrected chi connectivity index (χ1v) is 9.06. The van der Waals surface area contributed by atoms with Gasteiger partial charge in [-0.05, 0) is 43.9 Å². The van der Waals surface area contributed by atoms with E-state index in [0.717, 1.165) is 37.5 Å². The first kappa shape index (κ1) is 17.2. The van der Waals surface area contributed by atoms with Crippen molar-refractivity contribution in [2.45, 2.75) is 72.0 Å². The van der Waals surface area contributed by atoms with Crippen LogP contribution in [0, 0.1) is 17.8 Å². The molecule has 3 atom stereocenters. The first-order valence-electron chi connectivity index (χ1n) is 9.06. The van der Waals surface area contributed by atoms with E-state index in [-0.39, 0.29) is 0 Å². The zero-order valence-corrected chi connectivity index (χ0v) is 14.8. The summed E-state index contributed by atoms with van der Waals surface area (Å²) in [6.07, 6.45) is 3.78. The second-order valence-corrected chi connectivity index (χ2v) is 7.93. The maximum Gasteiger partial charge on any atom is 0.0469 e. The molecule has 2 heterocycles. The number of hydrogen-bond acceptors (Lipinski definition) is 3. The lowest BCUT2D eigenvalue weighted by atomic mass is 9.87. The molecule has 3 heteroatoms. The van der Waals surface area contributed by atoms with Crippen LogP contribution < -0.4 is 5.32 Å². The fourth-order valence-corrected chi connectivity index (χ4v) is 4.14. The minimum atomic E-state index is 0.669. The van der Waals surface area contributed by atoms with Crippen molar-refractivity contribution in [2.75, 3.05) is 26.3 Å². The van der Waals surface area contributed by atoms with Crippen LogP contribution >= 0.6 is 0 Å². The number of rotatable bonds is 5. The maximum atomic E-state index is 5.55. The van der Waals surface area contributed by atoms with E-state index in [2.05, 4.69) is 44.8 Å². The van der Waals surface area contributed by atoms with Gasteiger partial charge in [0.1, 0.15) is 0 Å². The molecule has 0 saturated carbocycles. The SMILES string of the molecule is CC(C)CC1CN(C(C)C2CCOCC2)C(C(C)C)CN1. The fourth-order valence-electron chi connectivity index (χ4n) is 4.14. The van der Waals surface area contributed by atoms with Gasteiger partial charge < -0.3 is 10.1 Å². The Labute approximate surface area is 131 Å². The van der Waals surface area contributed by atoms with Gasteiger partial charge in [-0.15, -0.1) is 0 Å². The second kappa shape index (κ2) is 7.94. The molecule has 0 amide bonds. The Bertz CT molecular complexity index is 300. The van der Waals surface area contributed by atoms with Crippen LogP contribution in [0.4, 0.5) is 0 Å². The van der Waals surface area contributed by atoms with Gasteiger partial charge in [-0.2, -0.15) is 0 Å². The van der Waals surface area contributed by atoms with E-state index < -0.39 is 0 Å². The predicted octanol–water partition coefficient (Wildman–Crippen LogP) is 3.15. The average molecular weight is 296 g/mol. The molecule has 0 radical (unpaired) electrons. The Balaban J connectivity index is 2.01. The fraction of sp³-hybridized carbons (Fsp3) is 1.00. The molecule has 0 bridgehead atoms.